The van der Waals surface area contributed by atoms with Gasteiger partial charge in [0.15, 0.2) is 0 Å². The Kier molecular flexibility index (Phi) is 4.57. The van der Waals surface area contributed by atoms with E-state index < -0.39 is 5.41 Å². The second-order valence-electron chi connectivity index (χ2n) is 4.53. The van der Waals surface area contributed by atoms with Crippen LogP contribution in [0.3, 0.4) is 0 Å². The van der Waals surface area contributed by atoms with Gasteiger partial charge in [-0.3, -0.25) is 4.79 Å². The fourth-order valence-electron chi connectivity index (χ4n) is 1.42. The van der Waals surface area contributed by atoms with E-state index in [0.717, 1.165) is 0 Å². The molecule has 0 radical (unpaired) electrons. The SMILES string of the molecule is COC(=O)C(C)(C)CNc1cc(Cl)ccc1C#N. The van der Waals surface area contributed by atoms with Crippen LogP contribution in [0.15, 0.2) is 18.2 Å². The lowest BCUT2D eigenvalue weighted by Gasteiger charge is -2.22. The second-order valence-corrected chi connectivity index (χ2v) is 4.97. The monoisotopic (exact) mass is 266 g/mol. The average Bonchev–Trinajstić information content (AvgIpc) is 2.35. The van der Waals surface area contributed by atoms with Gasteiger partial charge in [0.1, 0.15) is 6.07 Å². The molecule has 0 aromatic heterocycles. The summed E-state index contributed by atoms with van der Waals surface area (Å²) in [7, 11) is 1.35. The number of rotatable bonds is 4. The van der Waals surface area contributed by atoms with Crippen LogP contribution in [-0.4, -0.2) is 19.6 Å². The highest BCUT2D eigenvalue weighted by Crippen LogP contribution is 2.23. The molecule has 0 saturated carbocycles. The number of hydrogen-bond acceptors (Lipinski definition) is 4. The summed E-state index contributed by atoms with van der Waals surface area (Å²) in [5.41, 5.74) is 0.422. The van der Waals surface area contributed by atoms with E-state index in [4.69, 9.17) is 21.6 Å². The van der Waals surface area contributed by atoms with Gasteiger partial charge >= 0.3 is 5.97 Å². The van der Waals surface area contributed by atoms with Crippen LogP contribution in [0.2, 0.25) is 5.02 Å². The minimum atomic E-state index is -0.677. The molecule has 5 heteroatoms. The lowest BCUT2D eigenvalue weighted by Crippen LogP contribution is -2.33. The van der Waals surface area contributed by atoms with Crippen molar-refractivity contribution in [2.75, 3.05) is 19.0 Å². The van der Waals surface area contributed by atoms with Crippen LogP contribution in [0.5, 0.6) is 0 Å². The van der Waals surface area contributed by atoms with Crippen molar-refractivity contribution < 1.29 is 9.53 Å². The Morgan fingerprint density at radius 3 is 2.78 bits per heavy atom. The topological polar surface area (TPSA) is 62.1 Å². The summed E-state index contributed by atoms with van der Waals surface area (Å²) >= 11 is 5.87. The molecule has 96 valence electrons. The van der Waals surface area contributed by atoms with Gasteiger partial charge in [0.2, 0.25) is 0 Å². The number of nitriles is 1. The van der Waals surface area contributed by atoms with Gasteiger partial charge in [0.05, 0.1) is 23.8 Å². The fraction of sp³-hybridized carbons (Fsp3) is 0.385. The van der Waals surface area contributed by atoms with E-state index in [1.807, 2.05) is 0 Å². The molecule has 0 aliphatic heterocycles. The molecule has 18 heavy (non-hydrogen) atoms. The summed E-state index contributed by atoms with van der Waals surface area (Å²) in [4.78, 5) is 11.5. The van der Waals surface area contributed by atoms with Crippen LogP contribution >= 0.6 is 11.6 Å². The molecule has 0 unspecified atom stereocenters. The van der Waals surface area contributed by atoms with Crippen LogP contribution in [0.1, 0.15) is 19.4 Å². The Morgan fingerprint density at radius 2 is 2.22 bits per heavy atom. The number of carbonyl (C=O) groups excluding carboxylic acids is 1. The third kappa shape index (κ3) is 3.38. The molecule has 1 aromatic rings. The Hall–Kier alpha value is -1.73. The molecule has 0 aliphatic carbocycles. The Balaban J connectivity index is 2.84. The standard InChI is InChI=1S/C13H15ClN2O2/c1-13(2,12(17)18-3)8-16-11-6-10(14)5-4-9(11)7-15/h4-6,16H,8H2,1-3H3. The number of hydrogen-bond donors (Lipinski definition) is 1. The summed E-state index contributed by atoms with van der Waals surface area (Å²) in [6.45, 7) is 3.89. The van der Waals surface area contributed by atoms with Crippen molar-refractivity contribution in [2.45, 2.75) is 13.8 Å². The highest BCUT2D eigenvalue weighted by Gasteiger charge is 2.28. The molecule has 0 spiro atoms. The zero-order valence-corrected chi connectivity index (χ0v) is 11.3. The predicted molar refractivity (Wildman–Crippen MR) is 70.5 cm³/mol. The Bertz CT molecular complexity index is 492. The van der Waals surface area contributed by atoms with Crippen molar-refractivity contribution in [1.29, 1.82) is 5.26 Å². The first-order valence-corrected chi connectivity index (χ1v) is 5.80. The number of halogens is 1. The fourth-order valence-corrected chi connectivity index (χ4v) is 1.60. The molecule has 1 aromatic carbocycles. The van der Waals surface area contributed by atoms with E-state index in [-0.39, 0.29) is 5.97 Å². The van der Waals surface area contributed by atoms with Crippen molar-refractivity contribution in [3.8, 4) is 6.07 Å². The summed E-state index contributed by atoms with van der Waals surface area (Å²) in [6.07, 6.45) is 0. The number of anilines is 1. The van der Waals surface area contributed by atoms with E-state index in [9.17, 15) is 4.79 Å². The maximum Gasteiger partial charge on any atom is 0.313 e. The number of methoxy groups -OCH3 is 1. The molecule has 1 N–H and O–H groups in total. The minimum Gasteiger partial charge on any atom is -0.469 e. The number of nitrogens with one attached hydrogen (secondary N) is 1. The molecular formula is C13H15ClN2O2. The minimum absolute atomic E-state index is 0.310. The molecule has 4 nitrogen and oxygen atoms in total. The van der Waals surface area contributed by atoms with Crippen molar-refractivity contribution >= 4 is 23.3 Å². The van der Waals surface area contributed by atoms with Crippen molar-refractivity contribution in [2.24, 2.45) is 5.41 Å². The van der Waals surface area contributed by atoms with Gasteiger partial charge in [0, 0.05) is 11.6 Å². The maximum absolute atomic E-state index is 11.5. The zero-order chi connectivity index (χ0) is 13.8. The van der Waals surface area contributed by atoms with Crippen molar-refractivity contribution in [3.63, 3.8) is 0 Å². The lowest BCUT2D eigenvalue weighted by molar-refractivity contribution is -0.149. The van der Waals surface area contributed by atoms with Gasteiger partial charge in [-0.15, -0.1) is 0 Å². The van der Waals surface area contributed by atoms with Gasteiger partial charge in [-0.25, -0.2) is 0 Å². The smallest absolute Gasteiger partial charge is 0.313 e. The second kappa shape index (κ2) is 5.74. The molecule has 1 rings (SSSR count). The molecule has 0 bridgehead atoms. The summed E-state index contributed by atoms with van der Waals surface area (Å²) in [6, 6.07) is 7.01. The molecule has 0 aliphatic rings. The van der Waals surface area contributed by atoms with E-state index in [1.54, 1.807) is 32.0 Å². The van der Waals surface area contributed by atoms with E-state index in [0.29, 0.717) is 22.8 Å². The van der Waals surface area contributed by atoms with Crippen LogP contribution < -0.4 is 5.32 Å². The number of carbonyl (C=O) groups is 1. The average molecular weight is 267 g/mol. The Labute approximate surface area is 112 Å². The highest BCUT2D eigenvalue weighted by atomic mass is 35.5. The number of ether oxygens (including phenoxy) is 1. The first-order chi connectivity index (χ1) is 8.40. The van der Waals surface area contributed by atoms with Crippen molar-refractivity contribution in [1.82, 2.24) is 0 Å². The van der Waals surface area contributed by atoms with Crippen LogP contribution in [0.25, 0.3) is 0 Å². The van der Waals surface area contributed by atoms with Crippen molar-refractivity contribution in [3.05, 3.63) is 28.8 Å². The third-order valence-corrected chi connectivity index (χ3v) is 2.80. The molecule has 0 fully saturated rings. The summed E-state index contributed by atoms with van der Waals surface area (Å²) in [5.74, 6) is -0.310. The van der Waals surface area contributed by atoms with E-state index in [2.05, 4.69) is 11.4 Å². The van der Waals surface area contributed by atoms with Crippen LogP contribution in [0, 0.1) is 16.7 Å². The maximum atomic E-state index is 11.5. The highest BCUT2D eigenvalue weighted by molar-refractivity contribution is 6.30. The molecule has 0 saturated heterocycles. The number of nitrogens with zero attached hydrogens (tertiary/aromatic N) is 1. The normalized spacial score (nSPS) is 10.6. The van der Waals surface area contributed by atoms with Gasteiger partial charge in [-0.1, -0.05) is 11.6 Å². The van der Waals surface area contributed by atoms with Gasteiger partial charge in [-0.05, 0) is 32.0 Å². The quantitative estimate of drug-likeness (QED) is 0.851. The first-order valence-electron chi connectivity index (χ1n) is 5.42. The molecule has 0 heterocycles. The number of esters is 1. The van der Waals surface area contributed by atoms with Crippen LogP contribution in [0.4, 0.5) is 5.69 Å². The molecular weight excluding hydrogens is 252 g/mol. The number of benzene rings is 1. The third-order valence-electron chi connectivity index (χ3n) is 2.56. The largest absolute Gasteiger partial charge is 0.469 e. The summed E-state index contributed by atoms with van der Waals surface area (Å²) < 4.78 is 4.71. The molecule has 0 atom stereocenters. The van der Waals surface area contributed by atoms with Gasteiger partial charge < -0.3 is 10.1 Å². The van der Waals surface area contributed by atoms with Crippen LogP contribution in [-0.2, 0) is 9.53 Å². The Morgan fingerprint density at radius 1 is 1.56 bits per heavy atom. The van der Waals surface area contributed by atoms with E-state index in [1.165, 1.54) is 7.11 Å². The zero-order valence-electron chi connectivity index (χ0n) is 10.6. The molecule has 0 amide bonds. The lowest BCUT2D eigenvalue weighted by atomic mass is 9.93. The van der Waals surface area contributed by atoms with Gasteiger partial charge in [0.25, 0.3) is 0 Å². The van der Waals surface area contributed by atoms with Gasteiger partial charge in [-0.2, -0.15) is 5.26 Å². The summed E-state index contributed by atoms with van der Waals surface area (Å²) in [5, 5.41) is 12.6. The first kappa shape index (κ1) is 14.3. The predicted octanol–water partition coefficient (Wildman–Crippen LogP) is 2.82. The van der Waals surface area contributed by atoms with E-state index >= 15 is 0 Å².